The first kappa shape index (κ1) is 15.4. The van der Waals surface area contributed by atoms with Gasteiger partial charge >= 0.3 is 0 Å². The number of guanidine groups is 1. The van der Waals surface area contributed by atoms with Crippen molar-refractivity contribution < 1.29 is 0 Å². The summed E-state index contributed by atoms with van der Waals surface area (Å²) in [5.74, 6) is 2.82. The molecule has 1 saturated carbocycles. The number of hydrogen-bond acceptors (Lipinski definition) is 2. The van der Waals surface area contributed by atoms with E-state index in [2.05, 4.69) is 34.2 Å². The van der Waals surface area contributed by atoms with E-state index >= 15 is 0 Å². The van der Waals surface area contributed by atoms with E-state index in [4.69, 9.17) is 0 Å². The van der Waals surface area contributed by atoms with Crippen LogP contribution in [0.1, 0.15) is 42.6 Å². The van der Waals surface area contributed by atoms with E-state index < -0.39 is 0 Å². The molecule has 1 aromatic heterocycles. The number of rotatable bonds is 2. The van der Waals surface area contributed by atoms with E-state index in [1.54, 1.807) is 0 Å². The Morgan fingerprint density at radius 3 is 2.36 bits per heavy atom. The number of likely N-dealkylation sites (tertiary alicyclic amines) is 1. The molecule has 3 rings (SSSR count). The van der Waals surface area contributed by atoms with Gasteiger partial charge in [0.2, 0.25) is 0 Å². The summed E-state index contributed by atoms with van der Waals surface area (Å²) in [4.78, 5) is 6.97. The number of fused-ring (bicyclic) bond motifs is 1. The SMILES string of the molecule is CN=C(NCc1c(C)nn(C)c1C)N1CC2CCCCC2C1. The zero-order valence-electron chi connectivity index (χ0n) is 14.4. The number of nitrogens with zero attached hydrogens (tertiary/aromatic N) is 4. The summed E-state index contributed by atoms with van der Waals surface area (Å²) in [6, 6.07) is 0. The Morgan fingerprint density at radius 2 is 1.86 bits per heavy atom. The highest BCUT2D eigenvalue weighted by Gasteiger charge is 2.35. The predicted octanol–water partition coefficient (Wildman–Crippen LogP) is 2.23. The van der Waals surface area contributed by atoms with E-state index in [1.165, 1.54) is 50.0 Å². The van der Waals surface area contributed by atoms with Gasteiger partial charge in [0.15, 0.2) is 5.96 Å². The van der Waals surface area contributed by atoms with Gasteiger partial charge in [-0.15, -0.1) is 0 Å². The average molecular weight is 303 g/mol. The number of hydrogen-bond donors (Lipinski definition) is 1. The van der Waals surface area contributed by atoms with Crippen molar-refractivity contribution in [2.75, 3.05) is 20.1 Å². The second-order valence-electron chi connectivity index (χ2n) is 6.88. The molecule has 0 amide bonds. The molecule has 1 aromatic rings. The van der Waals surface area contributed by atoms with Crippen molar-refractivity contribution >= 4 is 5.96 Å². The van der Waals surface area contributed by atoms with Crippen LogP contribution >= 0.6 is 0 Å². The van der Waals surface area contributed by atoms with E-state index in [1.807, 2.05) is 18.8 Å². The molecule has 2 unspecified atom stereocenters. The molecule has 122 valence electrons. The number of aromatic nitrogens is 2. The molecule has 5 nitrogen and oxygen atoms in total. The highest BCUT2D eigenvalue weighted by Crippen LogP contribution is 2.35. The van der Waals surface area contributed by atoms with Crippen LogP contribution in [0.2, 0.25) is 0 Å². The van der Waals surface area contributed by atoms with Gasteiger partial charge < -0.3 is 10.2 Å². The lowest BCUT2D eigenvalue weighted by Gasteiger charge is -2.22. The standard InChI is InChI=1S/C17H29N5/c1-12-16(13(2)21(4)20-12)9-19-17(18-3)22-10-14-7-5-6-8-15(14)11-22/h14-15H,5-11H2,1-4H3,(H,18,19). The van der Waals surface area contributed by atoms with Gasteiger partial charge in [-0.3, -0.25) is 9.67 Å². The molecule has 1 aliphatic carbocycles. The minimum Gasteiger partial charge on any atom is -0.352 e. The first-order chi connectivity index (χ1) is 10.6. The third kappa shape index (κ3) is 2.85. The molecule has 2 aliphatic rings. The Balaban J connectivity index is 1.63. The van der Waals surface area contributed by atoms with Gasteiger partial charge in [0.05, 0.1) is 5.69 Å². The Hall–Kier alpha value is -1.52. The second-order valence-corrected chi connectivity index (χ2v) is 6.88. The summed E-state index contributed by atoms with van der Waals surface area (Å²) >= 11 is 0. The molecule has 2 heterocycles. The van der Waals surface area contributed by atoms with E-state index in [-0.39, 0.29) is 0 Å². The van der Waals surface area contributed by atoms with E-state index in [0.29, 0.717) is 0 Å². The second kappa shape index (κ2) is 6.31. The fourth-order valence-electron chi connectivity index (χ4n) is 4.15. The maximum absolute atomic E-state index is 4.51. The average Bonchev–Trinajstić information content (AvgIpc) is 3.03. The largest absolute Gasteiger partial charge is 0.352 e. The quantitative estimate of drug-likeness (QED) is 0.673. The summed E-state index contributed by atoms with van der Waals surface area (Å²) in [5, 5.41) is 8.05. The lowest BCUT2D eigenvalue weighted by atomic mass is 9.82. The zero-order valence-corrected chi connectivity index (χ0v) is 14.4. The van der Waals surface area contributed by atoms with Crippen LogP contribution in [0.15, 0.2) is 4.99 Å². The molecule has 1 N–H and O–H groups in total. The molecular formula is C17H29N5. The Kier molecular flexibility index (Phi) is 4.41. The molecule has 2 fully saturated rings. The predicted molar refractivity (Wildman–Crippen MR) is 89.9 cm³/mol. The zero-order chi connectivity index (χ0) is 15.7. The van der Waals surface area contributed by atoms with Crippen LogP contribution in [-0.4, -0.2) is 40.8 Å². The topological polar surface area (TPSA) is 45.5 Å². The third-order valence-corrected chi connectivity index (χ3v) is 5.57. The Bertz CT molecular complexity index is 546. The van der Waals surface area contributed by atoms with E-state index in [9.17, 15) is 0 Å². The molecule has 5 heteroatoms. The van der Waals surface area contributed by atoms with Crippen molar-refractivity contribution in [1.29, 1.82) is 0 Å². The maximum atomic E-state index is 4.51. The van der Waals surface area contributed by atoms with Crippen molar-refractivity contribution in [2.24, 2.45) is 23.9 Å². The monoisotopic (exact) mass is 303 g/mol. The molecular weight excluding hydrogens is 274 g/mol. The van der Waals surface area contributed by atoms with Crippen molar-refractivity contribution in [3.8, 4) is 0 Å². The van der Waals surface area contributed by atoms with Crippen LogP contribution in [-0.2, 0) is 13.6 Å². The molecule has 1 aliphatic heterocycles. The van der Waals surface area contributed by atoms with Gasteiger partial charge in [-0.1, -0.05) is 12.8 Å². The number of nitrogens with one attached hydrogen (secondary N) is 1. The molecule has 0 aromatic carbocycles. The molecule has 1 saturated heterocycles. The Labute approximate surface area is 133 Å². The summed E-state index contributed by atoms with van der Waals surface area (Å²) in [7, 11) is 3.90. The summed E-state index contributed by atoms with van der Waals surface area (Å²) in [6.45, 7) is 7.37. The molecule has 2 atom stereocenters. The molecule has 0 radical (unpaired) electrons. The van der Waals surface area contributed by atoms with Crippen LogP contribution < -0.4 is 5.32 Å². The summed E-state index contributed by atoms with van der Waals surface area (Å²) in [5.41, 5.74) is 3.63. The number of aryl methyl sites for hydroxylation is 2. The minimum absolute atomic E-state index is 0.810. The molecule has 0 spiro atoms. The fourth-order valence-corrected chi connectivity index (χ4v) is 4.15. The minimum atomic E-state index is 0.810. The van der Waals surface area contributed by atoms with Gasteiger partial charge in [0.1, 0.15) is 0 Å². The highest BCUT2D eigenvalue weighted by atomic mass is 15.3. The number of aliphatic imine (C=N–C) groups is 1. The van der Waals surface area contributed by atoms with Crippen molar-refractivity contribution in [3.05, 3.63) is 17.0 Å². The van der Waals surface area contributed by atoms with Gasteiger partial charge in [-0.2, -0.15) is 5.10 Å². The van der Waals surface area contributed by atoms with Crippen LogP contribution in [0.3, 0.4) is 0 Å². The van der Waals surface area contributed by atoms with Gasteiger partial charge in [-0.25, -0.2) is 0 Å². The Morgan fingerprint density at radius 1 is 1.23 bits per heavy atom. The smallest absolute Gasteiger partial charge is 0.193 e. The lowest BCUT2D eigenvalue weighted by Crippen LogP contribution is -2.40. The van der Waals surface area contributed by atoms with Crippen molar-refractivity contribution in [2.45, 2.75) is 46.1 Å². The molecule has 22 heavy (non-hydrogen) atoms. The first-order valence-electron chi connectivity index (χ1n) is 8.54. The normalized spacial score (nSPS) is 25.5. The summed E-state index contributed by atoms with van der Waals surface area (Å²) in [6.07, 6.45) is 5.63. The highest BCUT2D eigenvalue weighted by molar-refractivity contribution is 5.80. The van der Waals surface area contributed by atoms with Gasteiger partial charge in [-0.05, 0) is 38.5 Å². The van der Waals surface area contributed by atoms with Crippen molar-refractivity contribution in [1.82, 2.24) is 20.0 Å². The fraction of sp³-hybridized carbons (Fsp3) is 0.765. The summed E-state index contributed by atoms with van der Waals surface area (Å²) < 4.78 is 1.96. The van der Waals surface area contributed by atoms with Crippen LogP contribution in [0.5, 0.6) is 0 Å². The van der Waals surface area contributed by atoms with Crippen LogP contribution in [0.4, 0.5) is 0 Å². The van der Waals surface area contributed by atoms with Gasteiger partial charge in [0.25, 0.3) is 0 Å². The van der Waals surface area contributed by atoms with Gasteiger partial charge in [0, 0.05) is 45.0 Å². The first-order valence-corrected chi connectivity index (χ1v) is 8.54. The van der Waals surface area contributed by atoms with E-state index in [0.717, 1.165) is 30.0 Å². The van der Waals surface area contributed by atoms with Crippen molar-refractivity contribution in [3.63, 3.8) is 0 Å². The maximum Gasteiger partial charge on any atom is 0.193 e. The van der Waals surface area contributed by atoms with Crippen LogP contribution in [0.25, 0.3) is 0 Å². The third-order valence-electron chi connectivity index (χ3n) is 5.57. The molecule has 0 bridgehead atoms. The van der Waals surface area contributed by atoms with Crippen LogP contribution in [0, 0.1) is 25.7 Å². The lowest BCUT2D eigenvalue weighted by molar-refractivity contribution is 0.299.